The van der Waals surface area contributed by atoms with Gasteiger partial charge in [0.25, 0.3) is 0 Å². The van der Waals surface area contributed by atoms with E-state index in [9.17, 15) is 0 Å². The van der Waals surface area contributed by atoms with Gasteiger partial charge in [0.2, 0.25) is 0 Å². The maximum Gasteiger partial charge on any atom is 0.161 e. The molecule has 0 aromatic heterocycles. The lowest BCUT2D eigenvalue weighted by Gasteiger charge is -2.32. The minimum Gasteiger partial charge on any atom is -0.486 e. The minimum absolute atomic E-state index is 0.0906. The number of methoxy groups -OCH3 is 1. The largest absolute Gasteiger partial charge is 0.486 e. The zero-order valence-electron chi connectivity index (χ0n) is 12.0. The predicted molar refractivity (Wildman–Crippen MR) is 77.4 cm³/mol. The summed E-state index contributed by atoms with van der Waals surface area (Å²) in [7, 11) is 1.81. The van der Waals surface area contributed by atoms with Crippen LogP contribution in [0.15, 0.2) is 24.3 Å². The van der Waals surface area contributed by atoms with Crippen LogP contribution in [0.2, 0.25) is 0 Å². The van der Waals surface area contributed by atoms with Gasteiger partial charge < -0.3 is 19.5 Å². The van der Waals surface area contributed by atoms with Gasteiger partial charge in [0, 0.05) is 19.7 Å². The van der Waals surface area contributed by atoms with Crippen LogP contribution in [0.4, 0.5) is 0 Å². The van der Waals surface area contributed by atoms with Crippen LogP contribution < -0.4 is 14.8 Å². The summed E-state index contributed by atoms with van der Waals surface area (Å²) in [6.45, 7) is 1.44. The average molecular weight is 277 g/mol. The van der Waals surface area contributed by atoms with Gasteiger partial charge in [-0.3, -0.25) is 0 Å². The van der Waals surface area contributed by atoms with Crippen molar-refractivity contribution in [2.45, 2.75) is 43.9 Å². The Labute approximate surface area is 120 Å². The summed E-state index contributed by atoms with van der Waals surface area (Å²) in [6.07, 6.45) is 5.25. The summed E-state index contributed by atoms with van der Waals surface area (Å²) in [5, 5.41) is 3.60. The second kappa shape index (κ2) is 6.46. The van der Waals surface area contributed by atoms with Gasteiger partial charge in [-0.2, -0.15) is 0 Å². The van der Waals surface area contributed by atoms with Crippen LogP contribution in [0.1, 0.15) is 25.7 Å². The van der Waals surface area contributed by atoms with Crippen molar-refractivity contribution < 1.29 is 14.2 Å². The molecule has 1 saturated carbocycles. The Balaban J connectivity index is 1.48. The van der Waals surface area contributed by atoms with E-state index in [0.29, 0.717) is 18.8 Å². The molecule has 1 aromatic carbocycles. The van der Waals surface area contributed by atoms with E-state index in [1.54, 1.807) is 0 Å². The molecule has 1 fully saturated rings. The van der Waals surface area contributed by atoms with Gasteiger partial charge in [0.15, 0.2) is 11.5 Å². The van der Waals surface area contributed by atoms with Gasteiger partial charge in [-0.1, -0.05) is 12.1 Å². The molecular formula is C16H23NO3. The predicted octanol–water partition coefficient (Wildman–Crippen LogP) is 2.37. The number of hydrogen-bond donors (Lipinski definition) is 1. The summed E-state index contributed by atoms with van der Waals surface area (Å²) in [4.78, 5) is 0. The van der Waals surface area contributed by atoms with Gasteiger partial charge in [0.05, 0.1) is 6.10 Å². The lowest BCUT2D eigenvalue weighted by atomic mass is 9.93. The Morgan fingerprint density at radius 2 is 2.10 bits per heavy atom. The molecule has 4 heteroatoms. The summed E-state index contributed by atoms with van der Waals surface area (Å²) in [5.41, 5.74) is 0. The van der Waals surface area contributed by atoms with E-state index in [-0.39, 0.29) is 6.10 Å². The summed E-state index contributed by atoms with van der Waals surface area (Å²) < 4.78 is 17.1. The highest BCUT2D eigenvalue weighted by Gasteiger charge is 2.24. The maximum absolute atomic E-state index is 5.96. The normalized spacial score (nSPS) is 29.1. The standard InChI is InChI=1S/C16H23NO3/c1-18-13-6-4-5-12(9-13)17-10-14-11-19-15-7-2-3-8-16(15)20-14/h2-3,7-8,12-14,17H,4-6,9-11H2,1H3. The summed E-state index contributed by atoms with van der Waals surface area (Å²) >= 11 is 0. The molecule has 20 heavy (non-hydrogen) atoms. The highest BCUT2D eigenvalue weighted by atomic mass is 16.6. The van der Waals surface area contributed by atoms with Crippen molar-refractivity contribution >= 4 is 0 Å². The Morgan fingerprint density at radius 3 is 2.95 bits per heavy atom. The van der Waals surface area contributed by atoms with Crippen molar-refractivity contribution in [2.75, 3.05) is 20.3 Å². The van der Waals surface area contributed by atoms with Crippen LogP contribution in [0.25, 0.3) is 0 Å². The van der Waals surface area contributed by atoms with E-state index >= 15 is 0 Å². The number of benzene rings is 1. The second-order valence-corrected chi connectivity index (χ2v) is 5.63. The van der Waals surface area contributed by atoms with E-state index in [4.69, 9.17) is 14.2 Å². The monoisotopic (exact) mass is 277 g/mol. The Morgan fingerprint density at radius 1 is 1.25 bits per heavy atom. The highest BCUT2D eigenvalue weighted by molar-refractivity contribution is 5.40. The van der Waals surface area contributed by atoms with E-state index in [1.165, 1.54) is 19.3 Å². The molecule has 3 rings (SSSR count). The van der Waals surface area contributed by atoms with E-state index in [2.05, 4.69) is 5.32 Å². The van der Waals surface area contributed by atoms with E-state index < -0.39 is 0 Å². The molecule has 110 valence electrons. The first kappa shape index (κ1) is 13.7. The molecule has 0 saturated heterocycles. The number of ether oxygens (including phenoxy) is 3. The fourth-order valence-electron chi connectivity index (χ4n) is 3.01. The summed E-state index contributed by atoms with van der Waals surface area (Å²) in [6, 6.07) is 8.39. The molecule has 1 N–H and O–H groups in total. The minimum atomic E-state index is 0.0906. The number of fused-ring (bicyclic) bond motifs is 1. The van der Waals surface area contributed by atoms with Crippen LogP contribution in [0.3, 0.4) is 0 Å². The number of hydrogen-bond acceptors (Lipinski definition) is 4. The van der Waals surface area contributed by atoms with Crippen molar-refractivity contribution in [1.82, 2.24) is 5.32 Å². The lowest BCUT2D eigenvalue weighted by Crippen LogP contribution is -2.44. The molecular weight excluding hydrogens is 254 g/mol. The van der Waals surface area contributed by atoms with E-state index in [1.807, 2.05) is 31.4 Å². The molecule has 3 atom stereocenters. The fraction of sp³-hybridized carbons (Fsp3) is 0.625. The smallest absolute Gasteiger partial charge is 0.161 e. The zero-order valence-corrected chi connectivity index (χ0v) is 12.0. The molecule has 0 radical (unpaired) electrons. The second-order valence-electron chi connectivity index (χ2n) is 5.63. The van der Waals surface area contributed by atoms with Gasteiger partial charge >= 0.3 is 0 Å². The Hall–Kier alpha value is -1.26. The zero-order chi connectivity index (χ0) is 13.8. The van der Waals surface area contributed by atoms with Crippen molar-refractivity contribution in [3.05, 3.63) is 24.3 Å². The van der Waals surface area contributed by atoms with Crippen LogP contribution >= 0.6 is 0 Å². The Kier molecular flexibility index (Phi) is 4.43. The first-order valence-electron chi connectivity index (χ1n) is 7.50. The summed E-state index contributed by atoms with van der Waals surface area (Å²) in [5.74, 6) is 1.70. The topological polar surface area (TPSA) is 39.7 Å². The van der Waals surface area contributed by atoms with Crippen LogP contribution in [0.5, 0.6) is 11.5 Å². The quantitative estimate of drug-likeness (QED) is 0.917. The highest BCUT2D eigenvalue weighted by Crippen LogP contribution is 2.30. The SMILES string of the molecule is COC1CCCC(NCC2COc3ccccc3O2)C1. The third-order valence-corrected chi connectivity index (χ3v) is 4.16. The van der Waals surface area contributed by atoms with Crippen molar-refractivity contribution in [3.63, 3.8) is 0 Å². The van der Waals surface area contributed by atoms with Crippen molar-refractivity contribution in [2.24, 2.45) is 0 Å². The van der Waals surface area contributed by atoms with Crippen molar-refractivity contribution in [3.8, 4) is 11.5 Å². The first-order chi connectivity index (χ1) is 9.85. The maximum atomic E-state index is 5.96. The molecule has 1 aromatic rings. The molecule has 0 bridgehead atoms. The van der Waals surface area contributed by atoms with Gasteiger partial charge in [-0.15, -0.1) is 0 Å². The third kappa shape index (κ3) is 3.25. The van der Waals surface area contributed by atoms with Crippen LogP contribution in [-0.2, 0) is 4.74 Å². The first-order valence-corrected chi connectivity index (χ1v) is 7.50. The molecule has 1 heterocycles. The molecule has 0 amide bonds. The number of para-hydroxylation sites is 2. The molecule has 2 aliphatic rings. The Bertz CT molecular complexity index is 437. The lowest BCUT2D eigenvalue weighted by molar-refractivity contribution is 0.0512. The molecule has 3 unspecified atom stereocenters. The number of nitrogens with one attached hydrogen (secondary N) is 1. The van der Waals surface area contributed by atoms with Crippen LogP contribution in [-0.4, -0.2) is 38.5 Å². The molecule has 4 nitrogen and oxygen atoms in total. The molecule has 1 aliphatic heterocycles. The fourth-order valence-corrected chi connectivity index (χ4v) is 3.01. The van der Waals surface area contributed by atoms with E-state index in [0.717, 1.165) is 24.5 Å². The average Bonchev–Trinajstić information content (AvgIpc) is 2.53. The van der Waals surface area contributed by atoms with Crippen molar-refractivity contribution in [1.29, 1.82) is 0 Å². The number of rotatable bonds is 4. The van der Waals surface area contributed by atoms with Gasteiger partial charge in [-0.05, 0) is 37.8 Å². The van der Waals surface area contributed by atoms with Gasteiger partial charge in [0.1, 0.15) is 12.7 Å². The van der Waals surface area contributed by atoms with Crippen LogP contribution in [0, 0.1) is 0 Å². The molecule has 0 spiro atoms. The van der Waals surface area contributed by atoms with Gasteiger partial charge in [-0.25, -0.2) is 0 Å². The third-order valence-electron chi connectivity index (χ3n) is 4.16. The molecule has 1 aliphatic carbocycles.